The van der Waals surface area contributed by atoms with Crippen molar-refractivity contribution in [1.82, 2.24) is 9.97 Å². The largest absolute Gasteiger partial charge is 0.454 e. The molecule has 0 bridgehead atoms. The zero-order chi connectivity index (χ0) is 26.5. The number of hydrogen-bond donors (Lipinski definition) is 3. The summed E-state index contributed by atoms with van der Waals surface area (Å²) in [5, 5.41) is 1.04. The third-order valence-electron chi connectivity index (χ3n) is 5.42. The van der Waals surface area contributed by atoms with Gasteiger partial charge in [0.2, 0.25) is 6.79 Å². The molecule has 37 heavy (non-hydrogen) atoms. The van der Waals surface area contributed by atoms with Gasteiger partial charge in [-0.15, -0.1) is 0 Å². The Bertz CT molecular complexity index is 1600. The number of nitrogen functional groups attached to an aromatic ring is 1. The molecule has 1 aliphatic heterocycles. The molecule has 0 unspecified atom stereocenters. The topological polar surface area (TPSA) is 156 Å². The molecule has 0 aliphatic carbocycles. The molecule has 4 aromatic rings. The van der Waals surface area contributed by atoms with E-state index >= 15 is 0 Å². The first kappa shape index (κ1) is 24.8. The van der Waals surface area contributed by atoms with Gasteiger partial charge in [-0.25, -0.2) is 4.98 Å². The zero-order valence-electron chi connectivity index (χ0n) is 19.9. The summed E-state index contributed by atoms with van der Waals surface area (Å²) in [5.74, 6) is 4.55. The van der Waals surface area contributed by atoms with Gasteiger partial charge in [-0.3, -0.25) is 14.6 Å². The molecule has 0 spiro atoms. The third kappa shape index (κ3) is 5.49. The normalized spacial score (nSPS) is 11.1. The number of aryl methyl sites for hydroxylation is 1. The van der Waals surface area contributed by atoms with Crippen LogP contribution >= 0.6 is 0 Å². The van der Waals surface area contributed by atoms with Gasteiger partial charge in [0.05, 0.1) is 11.3 Å². The Morgan fingerprint density at radius 3 is 2.32 bits per heavy atom. The highest BCUT2D eigenvalue weighted by Gasteiger charge is 2.20. The van der Waals surface area contributed by atoms with Crippen LogP contribution in [0.1, 0.15) is 21.7 Å². The molecule has 2 amide bonds. The van der Waals surface area contributed by atoms with Gasteiger partial charge >= 0.3 is 0 Å². The Hall–Kier alpha value is -5.36. The van der Waals surface area contributed by atoms with Crippen molar-refractivity contribution in [3.8, 4) is 34.5 Å². The van der Waals surface area contributed by atoms with E-state index in [0.717, 1.165) is 16.8 Å². The van der Waals surface area contributed by atoms with E-state index in [2.05, 4.69) is 28.4 Å². The molecule has 0 atom stereocenters. The summed E-state index contributed by atoms with van der Waals surface area (Å²) in [7, 11) is 0. The summed E-state index contributed by atoms with van der Waals surface area (Å²) in [6, 6.07) is 16.8. The van der Waals surface area contributed by atoms with Gasteiger partial charge in [0.25, 0.3) is 11.8 Å². The number of nitrogens with two attached hydrogens (primary N) is 3. The lowest BCUT2D eigenvalue weighted by Gasteiger charge is -2.13. The zero-order valence-corrected chi connectivity index (χ0v) is 19.9. The van der Waals surface area contributed by atoms with Crippen molar-refractivity contribution in [3.63, 3.8) is 0 Å². The number of amides is 2. The first-order valence-corrected chi connectivity index (χ1v) is 11.1. The van der Waals surface area contributed by atoms with Crippen LogP contribution in [0.15, 0.2) is 67.4 Å². The van der Waals surface area contributed by atoms with Crippen LogP contribution in [0.4, 0.5) is 5.82 Å². The van der Waals surface area contributed by atoms with E-state index in [9.17, 15) is 9.59 Å². The Morgan fingerprint density at radius 1 is 0.946 bits per heavy atom. The van der Waals surface area contributed by atoms with Crippen LogP contribution in [0.3, 0.4) is 0 Å². The maximum absolute atomic E-state index is 12.3. The lowest BCUT2D eigenvalue weighted by molar-refractivity contribution is -0.112. The SMILES string of the molecule is C=C(C#CC(N)=O)c1nc(N)c2ccc(-c3ccc4c(c3)OCO4)cc2c1C(N)=O.Cc1ccccn1. The molecule has 2 aromatic carbocycles. The van der Waals surface area contributed by atoms with Gasteiger partial charge < -0.3 is 26.7 Å². The van der Waals surface area contributed by atoms with E-state index in [4.69, 9.17) is 26.7 Å². The monoisotopic (exact) mass is 493 g/mol. The maximum atomic E-state index is 12.3. The Balaban J connectivity index is 0.000000396. The highest BCUT2D eigenvalue weighted by Crippen LogP contribution is 2.38. The molecule has 5 rings (SSSR count). The van der Waals surface area contributed by atoms with Crippen molar-refractivity contribution in [2.75, 3.05) is 12.5 Å². The minimum atomic E-state index is -0.837. The van der Waals surface area contributed by atoms with Gasteiger partial charge in [0.1, 0.15) is 5.82 Å². The first-order chi connectivity index (χ1) is 17.7. The van der Waals surface area contributed by atoms with Crippen LogP contribution in [0.25, 0.3) is 27.5 Å². The van der Waals surface area contributed by atoms with E-state index in [1.807, 2.05) is 49.4 Å². The molecule has 184 valence electrons. The fourth-order valence-electron chi connectivity index (χ4n) is 3.71. The third-order valence-corrected chi connectivity index (χ3v) is 5.42. The minimum absolute atomic E-state index is 0.101. The van der Waals surface area contributed by atoms with Gasteiger partial charge in [-0.1, -0.05) is 36.8 Å². The number of pyridine rings is 2. The van der Waals surface area contributed by atoms with Crippen molar-refractivity contribution >= 4 is 34.0 Å². The molecule has 3 heterocycles. The number of hydrogen-bond acceptors (Lipinski definition) is 7. The molecule has 9 nitrogen and oxygen atoms in total. The number of rotatable bonds is 3. The quantitative estimate of drug-likeness (QED) is 0.370. The van der Waals surface area contributed by atoms with E-state index < -0.39 is 11.8 Å². The van der Waals surface area contributed by atoms with Crippen LogP contribution in [-0.2, 0) is 4.79 Å². The smallest absolute Gasteiger partial charge is 0.293 e. The second-order valence-corrected chi connectivity index (χ2v) is 7.98. The Kier molecular flexibility index (Phi) is 7.02. The second-order valence-electron chi connectivity index (χ2n) is 7.98. The molecule has 0 radical (unpaired) electrons. The highest BCUT2D eigenvalue weighted by atomic mass is 16.7. The van der Waals surface area contributed by atoms with Gasteiger partial charge in [-0.05, 0) is 48.4 Å². The fourth-order valence-corrected chi connectivity index (χ4v) is 3.71. The average molecular weight is 494 g/mol. The standard InChI is InChI=1S/C22H16N4O4.C6H7N/c1-11(2-7-18(23)27)20-19(22(25)28)15-8-12(3-5-14(15)21(24)26-20)13-4-6-16-17(9-13)30-10-29-16;1-6-4-2-3-5-7-6/h3-6,8-9H,1,10H2,(H2,23,27)(H2,24,26)(H2,25,28);2-5H,1H3. The molecule has 9 heteroatoms. The summed E-state index contributed by atoms with van der Waals surface area (Å²) >= 11 is 0. The summed E-state index contributed by atoms with van der Waals surface area (Å²) in [6.07, 6.45) is 1.79. The highest BCUT2D eigenvalue weighted by molar-refractivity contribution is 6.13. The Labute approximate surface area is 212 Å². The molecular weight excluding hydrogens is 470 g/mol. The Morgan fingerprint density at radius 2 is 1.68 bits per heavy atom. The van der Waals surface area contributed by atoms with Gasteiger partial charge in [0.15, 0.2) is 11.5 Å². The van der Waals surface area contributed by atoms with Crippen LogP contribution < -0.4 is 26.7 Å². The molecule has 1 aliphatic rings. The van der Waals surface area contributed by atoms with Gasteiger partial charge in [-0.2, -0.15) is 0 Å². The first-order valence-electron chi connectivity index (χ1n) is 11.1. The number of primary amides is 2. The van der Waals surface area contributed by atoms with Crippen LogP contribution in [0.2, 0.25) is 0 Å². The number of ether oxygens (including phenoxy) is 2. The van der Waals surface area contributed by atoms with Crippen LogP contribution in [0.5, 0.6) is 11.5 Å². The van der Waals surface area contributed by atoms with Crippen molar-refractivity contribution in [2.45, 2.75) is 6.92 Å². The maximum Gasteiger partial charge on any atom is 0.293 e. The summed E-state index contributed by atoms with van der Waals surface area (Å²) in [4.78, 5) is 31.5. The average Bonchev–Trinajstić information content (AvgIpc) is 3.35. The summed E-state index contributed by atoms with van der Waals surface area (Å²) < 4.78 is 10.8. The number of fused-ring (bicyclic) bond motifs is 2. The number of allylic oxidation sites excluding steroid dienone is 1. The number of benzene rings is 2. The van der Waals surface area contributed by atoms with Crippen molar-refractivity contribution in [1.29, 1.82) is 0 Å². The molecule has 0 saturated carbocycles. The second kappa shape index (κ2) is 10.5. The number of aromatic nitrogens is 2. The van der Waals surface area contributed by atoms with Crippen LogP contribution in [-0.4, -0.2) is 28.6 Å². The number of carbonyl (C=O) groups is 2. The van der Waals surface area contributed by atoms with E-state index in [1.165, 1.54) is 0 Å². The van der Waals surface area contributed by atoms with Crippen molar-refractivity contribution in [3.05, 3.63) is 84.3 Å². The fraction of sp³-hybridized carbons (Fsp3) is 0.0714. The van der Waals surface area contributed by atoms with E-state index in [-0.39, 0.29) is 29.4 Å². The molecular formula is C28H23N5O4. The van der Waals surface area contributed by atoms with E-state index in [0.29, 0.717) is 22.3 Å². The molecule has 0 saturated heterocycles. The number of carbonyl (C=O) groups excluding carboxylic acids is 2. The lowest BCUT2D eigenvalue weighted by atomic mass is 9.95. The number of nitrogens with zero attached hydrogens (tertiary/aromatic N) is 2. The van der Waals surface area contributed by atoms with Gasteiger partial charge in [0, 0.05) is 34.2 Å². The van der Waals surface area contributed by atoms with Crippen molar-refractivity contribution < 1.29 is 19.1 Å². The predicted octanol–water partition coefficient (Wildman–Crippen LogP) is 3.20. The lowest BCUT2D eigenvalue weighted by Crippen LogP contribution is -2.16. The summed E-state index contributed by atoms with van der Waals surface area (Å²) in [6.45, 7) is 5.91. The predicted molar refractivity (Wildman–Crippen MR) is 141 cm³/mol. The molecule has 6 N–H and O–H groups in total. The van der Waals surface area contributed by atoms with E-state index in [1.54, 1.807) is 18.3 Å². The number of anilines is 1. The molecule has 0 fully saturated rings. The minimum Gasteiger partial charge on any atom is -0.454 e. The molecule has 2 aromatic heterocycles. The van der Waals surface area contributed by atoms with Crippen LogP contribution in [0, 0.1) is 18.8 Å². The van der Waals surface area contributed by atoms with Crippen molar-refractivity contribution in [2.24, 2.45) is 11.5 Å². The summed E-state index contributed by atoms with van der Waals surface area (Å²) in [5.41, 5.74) is 19.8.